The Labute approximate surface area is 149 Å². The van der Waals surface area contributed by atoms with Crippen LogP contribution >= 0.6 is 11.6 Å². The van der Waals surface area contributed by atoms with Crippen molar-refractivity contribution in [3.63, 3.8) is 0 Å². The molecule has 0 unspecified atom stereocenters. The van der Waals surface area contributed by atoms with E-state index in [9.17, 15) is 4.79 Å². The molecule has 2 heterocycles. The van der Waals surface area contributed by atoms with E-state index >= 15 is 0 Å². The van der Waals surface area contributed by atoms with Gasteiger partial charge in [-0.05, 0) is 36.8 Å². The highest BCUT2D eigenvalue weighted by atomic mass is 35.5. The maximum absolute atomic E-state index is 12.2. The van der Waals surface area contributed by atoms with Gasteiger partial charge in [-0.25, -0.2) is 9.78 Å². The smallest absolute Gasteiger partial charge is 0.355 e. The predicted molar refractivity (Wildman–Crippen MR) is 93.5 cm³/mol. The second-order valence-electron chi connectivity index (χ2n) is 5.21. The second-order valence-corrected chi connectivity index (χ2v) is 5.65. The maximum atomic E-state index is 12.2. The maximum Gasteiger partial charge on any atom is 0.355 e. The summed E-state index contributed by atoms with van der Waals surface area (Å²) in [5.74, 6) is 0.698. The van der Waals surface area contributed by atoms with Crippen molar-refractivity contribution in [1.29, 1.82) is 0 Å². The van der Waals surface area contributed by atoms with E-state index in [-0.39, 0.29) is 6.61 Å². The lowest BCUT2D eigenvalue weighted by Gasteiger charge is -2.12. The minimum atomic E-state index is -0.406. The number of aromatic nitrogens is 2. The van der Waals surface area contributed by atoms with Crippen LogP contribution in [0.5, 0.6) is 11.5 Å². The highest BCUT2D eigenvalue weighted by Crippen LogP contribution is 2.30. The molecule has 3 rings (SSSR count). The van der Waals surface area contributed by atoms with Gasteiger partial charge < -0.3 is 14.2 Å². The third-order valence-electron chi connectivity index (χ3n) is 3.57. The number of fused-ring (bicyclic) bond motifs is 1. The fourth-order valence-electron chi connectivity index (χ4n) is 2.45. The molecule has 0 aliphatic heterocycles. The van der Waals surface area contributed by atoms with Crippen LogP contribution in [0.2, 0.25) is 5.02 Å². The van der Waals surface area contributed by atoms with Crippen molar-refractivity contribution in [3.05, 3.63) is 59.0 Å². The van der Waals surface area contributed by atoms with Crippen LogP contribution in [-0.2, 0) is 11.3 Å². The molecular weight excluding hydrogens is 344 g/mol. The molecule has 1 aromatic carbocycles. The summed E-state index contributed by atoms with van der Waals surface area (Å²) in [6, 6.07) is 8.72. The third-order valence-corrected chi connectivity index (χ3v) is 3.81. The summed E-state index contributed by atoms with van der Waals surface area (Å²) >= 11 is 5.95. The Bertz CT molecular complexity index is 907. The SMILES string of the molecule is CCOC(=O)c1cc(COc2ccc(Cl)cc2OC)cc2nccn12. The summed E-state index contributed by atoms with van der Waals surface area (Å²) in [5, 5.41) is 0.563. The van der Waals surface area contributed by atoms with Crippen molar-refractivity contribution < 1.29 is 19.0 Å². The van der Waals surface area contributed by atoms with Crippen LogP contribution in [0.15, 0.2) is 42.7 Å². The van der Waals surface area contributed by atoms with Gasteiger partial charge in [0.25, 0.3) is 0 Å². The number of hydrogen-bond acceptors (Lipinski definition) is 5. The highest BCUT2D eigenvalue weighted by Gasteiger charge is 2.14. The van der Waals surface area contributed by atoms with Crippen LogP contribution in [-0.4, -0.2) is 29.1 Å². The average Bonchev–Trinajstić information content (AvgIpc) is 3.08. The van der Waals surface area contributed by atoms with E-state index in [1.807, 2.05) is 6.07 Å². The quantitative estimate of drug-likeness (QED) is 0.626. The highest BCUT2D eigenvalue weighted by molar-refractivity contribution is 6.30. The van der Waals surface area contributed by atoms with Gasteiger partial charge in [0.05, 0.1) is 13.7 Å². The van der Waals surface area contributed by atoms with Crippen molar-refractivity contribution in [2.24, 2.45) is 0 Å². The molecule has 130 valence electrons. The summed E-state index contributed by atoms with van der Waals surface area (Å²) < 4.78 is 17.9. The Kier molecular flexibility index (Phi) is 5.09. The molecule has 0 bridgehead atoms. The molecule has 2 aromatic heterocycles. The molecule has 0 radical (unpaired) electrons. The lowest BCUT2D eigenvalue weighted by Crippen LogP contribution is -2.11. The summed E-state index contributed by atoms with van der Waals surface area (Å²) in [6.45, 7) is 2.31. The first-order chi connectivity index (χ1) is 12.1. The fourth-order valence-corrected chi connectivity index (χ4v) is 2.61. The molecule has 0 N–H and O–H groups in total. The van der Waals surface area contributed by atoms with Crippen molar-refractivity contribution in [2.75, 3.05) is 13.7 Å². The van der Waals surface area contributed by atoms with E-state index in [1.54, 1.807) is 55.1 Å². The number of carbonyl (C=O) groups is 1. The van der Waals surface area contributed by atoms with Crippen molar-refractivity contribution in [2.45, 2.75) is 13.5 Å². The topological polar surface area (TPSA) is 62.1 Å². The number of hydrogen-bond donors (Lipinski definition) is 0. The molecule has 6 nitrogen and oxygen atoms in total. The zero-order valence-corrected chi connectivity index (χ0v) is 14.6. The number of ether oxygens (including phenoxy) is 3. The number of halogens is 1. The Balaban J connectivity index is 1.88. The molecular formula is C18H17ClN2O4. The van der Waals surface area contributed by atoms with E-state index in [1.165, 1.54) is 0 Å². The molecule has 0 amide bonds. The van der Waals surface area contributed by atoms with Gasteiger partial charge in [-0.2, -0.15) is 0 Å². The van der Waals surface area contributed by atoms with E-state index < -0.39 is 5.97 Å². The van der Waals surface area contributed by atoms with Crippen molar-refractivity contribution in [1.82, 2.24) is 9.38 Å². The third kappa shape index (κ3) is 3.69. The number of nitrogens with zero attached hydrogens (tertiary/aromatic N) is 2. The molecule has 0 aliphatic rings. The Morgan fingerprint density at radius 2 is 2.08 bits per heavy atom. The summed E-state index contributed by atoms with van der Waals surface area (Å²) in [7, 11) is 1.55. The molecule has 7 heteroatoms. The number of carbonyl (C=O) groups excluding carboxylic acids is 1. The Morgan fingerprint density at radius 1 is 1.24 bits per heavy atom. The average molecular weight is 361 g/mol. The molecule has 3 aromatic rings. The van der Waals surface area contributed by atoms with E-state index in [0.717, 1.165) is 5.56 Å². The minimum absolute atomic E-state index is 0.244. The number of benzene rings is 1. The zero-order chi connectivity index (χ0) is 17.8. The van der Waals surface area contributed by atoms with Gasteiger partial charge in [-0.3, -0.25) is 4.40 Å². The van der Waals surface area contributed by atoms with Gasteiger partial charge in [0.2, 0.25) is 0 Å². The molecule has 0 aliphatic carbocycles. The largest absolute Gasteiger partial charge is 0.493 e. The number of rotatable bonds is 6. The number of methoxy groups -OCH3 is 1. The number of imidazole rings is 1. The first kappa shape index (κ1) is 17.1. The molecule has 0 fully saturated rings. The normalized spacial score (nSPS) is 10.7. The summed E-state index contributed by atoms with van der Waals surface area (Å²) in [6.07, 6.45) is 3.35. The molecule has 25 heavy (non-hydrogen) atoms. The zero-order valence-electron chi connectivity index (χ0n) is 13.9. The first-order valence-corrected chi connectivity index (χ1v) is 8.09. The van der Waals surface area contributed by atoms with E-state index in [2.05, 4.69) is 4.98 Å². The Morgan fingerprint density at radius 3 is 2.84 bits per heavy atom. The monoisotopic (exact) mass is 360 g/mol. The van der Waals surface area contributed by atoms with Crippen LogP contribution in [0.1, 0.15) is 23.0 Å². The van der Waals surface area contributed by atoms with Crippen LogP contribution in [0.25, 0.3) is 5.65 Å². The predicted octanol–water partition coefficient (Wildman–Crippen LogP) is 3.75. The molecule has 0 atom stereocenters. The molecule has 0 saturated carbocycles. The number of esters is 1. The van der Waals surface area contributed by atoms with Crippen LogP contribution in [0.3, 0.4) is 0 Å². The Hall–Kier alpha value is -2.73. The van der Waals surface area contributed by atoms with E-state index in [0.29, 0.717) is 34.5 Å². The fraction of sp³-hybridized carbons (Fsp3) is 0.222. The summed E-state index contributed by atoms with van der Waals surface area (Å²) in [4.78, 5) is 16.4. The van der Waals surface area contributed by atoms with Gasteiger partial charge in [0.15, 0.2) is 11.5 Å². The van der Waals surface area contributed by atoms with Crippen LogP contribution < -0.4 is 9.47 Å². The summed E-state index contributed by atoms with van der Waals surface area (Å²) in [5.41, 5.74) is 1.84. The molecule has 0 spiro atoms. The minimum Gasteiger partial charge on any atom is -0.493 e. The van der Waals surface area contributed by atoms with Gasteiger partial charge in [-0.1, -0.05) is 11.6 Å². The standard InChI is InChI=1S/C18H17ClN2O4/c1-3-24-18(22)14-8-12(9-17-20-6-7-21(14)17)11-25-15-5-4-13(19)10-16(15)23-2/h4-10H,3,11H2,1-2H3. The van der Waals surface area contributed by atoms with Gasteiger partial charge in [-0.15, -0.1) is 0 Å². The molecule has 0 saturated heterocycles. The lowest BCUT2D eigenvalue weighted by molar-refractivity contribution is 0.0517. The van der Waals surface area contributed by atoms with E-state index in [4.69, 9.17) is 25.8 Å². The first-order valence-electron chi connectivity index (χ1n) is 7.72. The lowest BCUT2D eigenvalue weighted by atomic mass is 10.2. The van der Waals surface area contributed by atoms with Gasteiger partial charge in [0.1, 0.15) is 17.9 Å². The van der Waals surface area contributed by atoms with Crippen LogP contribution in [0, 0.1) is 0 Å². The second kappa shape index (κ2) is 7.44. The van der Waals surface area contributed by atoms with Gasteiger partial charge >= 0.3 is 5.97 Å². The van der Waals surface area contributed by atoms with Crippen molar-refractivity contribution in [3.8, 4) is 11.5 Å². The van der Waals surface area contributed by atoms with Crippen molar-refractivity contribution >= 4 is 23.2 Å². The van der Waals surface area contributed by atoms with Gasteiger partial charge in [0, 0.05) is 23.5 Å². The number of pyridine rings is 1. The van der Waals surface area contributed by atoms with Crippen LogP contribution in [0.4, 0.5) is 0 Å².